The van der Waals surface area contributed by atoms with Crippen molar-refractivity contribution in [3.8, 4) is 0 Å². The largest absolute Gasteiger partial charge is 0.312 e. The van der Waals surface area contributed by atoms with Crippen molar-refractivity contribution in [3.05, 3.63) is 83.9 Å². The standard InChI is InChI=1S/C28H27N3O2S/c1-3-19-9-13-22(14-10-19)30-18-21(17-26(30)32)27(33)31(23-15-11-20(4-2)12-16-23)28-29-24-7-5-6-8-25(24)34-28/h5-16,21H,3-4,17-18H2,1-2H3. The van der Waals surface area contributed by atoms with Gasteiger partial charge in [-0.3, -0.25) is 14.5 Å². The molecule has 0 N–H and O–H groups in total. The zero-order valence-electron chi connectivity index (χ0n) is 19.4. The lowest BCUT2D eigenvalue weighted by Crippen LogP contribution is -2.34. The summed E-state index contributed by atoms with van der Waals surface area (Å²) in [5.74, 6) is -0.547. The van der Waals surface area contributed by atoms with Crippen LogP contribution in [0.1, 0.15) is 31.4 Å². The van der Waals surface area contributed by atoms with E-state index in [4.69, 9.17) is 4.98 Å². The number of anilines is 3. The molecular weight excluding hydrogens is 442 g/mol. The Morgan fingerprint density at radius 2 is 1.62 bits per heavy atom. The minimum Gasteiger partial charge on any atom is -0.312 e. The van der Waals surface area contributed by atoms with Crippen molar-refractivity contribution in [2.24, 2.45) is 5.92 Å². The maximum atomic E-state index is 13.9. The minimum atomic E-state index is -0.434. The summed E-state index contributed by atoms with van der Waals surface area (Å²) in [6, 6.07) is 24.0. The van der Waals surface area contributed by atoms with Crippen molar-refractivity contribution < 1.29 is 9.59 Å². The van der Waals surface area contributed by atoms with Gasteiger partial charge in [0.05, 0.1) is 21.8 Å². The monoisotopic (exact) mass is 469 g/mol. The molecule has 2 amide bonds. The SMILES string of the molecule is CCc1ccc(N2CC(C(=O)N(c3ccc(CC)cc3)c3nc4ccccc4s3)CC2=O)cc1. The molecule has 172 valence electrons. The molecule has 1 saturated heterocycles. The fourth-order valence-corrected chi connectivity index (χ4v) is 5.38. The van der Waals surface area contributed by atoms with E-state index in [1.807, 2.05) is 72.8 Å². The Morgan fingerprint density at radius 1 is 0.971 bits per heavy atom. The van der Waals surface area contributed by atoms with Gasteiger partial charge >= 0.3 is 0 Å². The van der Waals surface area contributed by atoms with Crippen LogP contribution in [0.5, 0.6) is 0 Å². The molecule has 0 spiro atoms. The number of hydrogen-bond acceptors (Lipinski definition) is 4. The zero-order valence-corrected chi connectivity index (χ0v) is 20.2. The molecule has 2 heterocycles. The molecule has 3 aromatic carbocycles. The lowest BCUT2D eigenvalue weighted by molar-refractivity contribution is -0.123. The number of rotatable bonds is 6. The maximum Gasteiger partial charge on any atom is 0.238 e. The number of hydrogen-bond donors (Lipinski definition) is 0. The number of benzene rings is 3. The number of carbonyl (C=O) groups is 2. The van der Waals surface area contributed by atoms with Gasteiger partial charge in [0.15, 0.2) is 5.13 Å². The van der Waals surface area contributed by atoms with Gasteiger partial charge in [-0.2, -0.15) is 0 Å². The number of amides is 2. The van der Waals surface area contributed by atoms with E-state index in [-0.39, 0.29) is 18.2 Å². The second kappa shape index (κ2) is 9.39. The molecule has 34 heavy (non-hydrogen) atoms. The van der Waals surface area contributed by atoms with Crippen LogP contribution in [-0.2, 0) is 22.4 Å². The van der Waals surface area contributed by atoms with E-state index in [1.54, 1.807) is 9.80 Å². The lowest BCUT2D eigenvalue weighted by atomic mass is 10.1. The van der Waals surface area contributed by atoms with E-state index >= 15 is 0 Å². The Kier molecular flexibility index (Phi) is 6.16. The Hall–Kier alpha value is -3.51. The summed E-state index contributed by atoms with van der Waals surface area (Å²) < 4.78 is 1.03. The molecule has 1 aliphatic rings. The fourth-order valence-electron chi connectivity index (χ4n) is 4.39. The summed E-state index contributed by atoms with van der Waals surface area (Å²) in [6.45, 7) is 4.59. The Balaban J connectivity index is 1.48. The quantitative estimate of drug-likeness (QED) is 0.341. The average Bonchev–Trinajstić information content (AvgIpc) is 3.48. The molecule has 1 aliphatic heterocycles. The number of thiazole rings is 1. The molecular formula is C28H27N3O2S. The highest BCUT2D eigenvalue weighted by atomic mass is 32.1. The molecule has 1 fully saturated rings. The van der Waals surface area contributed by atoms with Crippen LogP contribution in [0.3, 0.4) is 0 Å². The zero-order chi connectivity index (χ0) is 23.7. The second-order valence-electron chi connectivity index (χ2n) is 8.58. The Labute approximate surface area is 203 Å². The summed E-state index contributed by atoms with van der Waals surface area (Å²) in [6.07, 6.45) is 2.07. The number of fused-ring (bicyclic) bond motifs is 1. The summed E-state index contributed by atoms with van der Waals surface area (Å²) in [4.78, 5) is 35.0. The first kappa shape index (κ1) is 22.3. The van der Waals surface area contributed by atoms with Gasteiger partial charge in [-0.05, 0) is 60.4 Å². The van der Waals surface area contributed by atoms with Gasteiger partial charge < -0.3 is 4.90 Å². The first-order valence-corrected chi connectivity index (χ1v) is 12.6. The number of carbonyl (C=O) groups excluding carboxylic acids is 2. The predicted octanol–water partition coefficient (Wildman–Crippen LogP) is 6.14. The highest BCUT2D eigenvalue weighted by Gasteiger charge is 2.39. The maximum absolute atomic E-state index is 13.9. The predicted molar refractivity (Wildman–Crippen MR) is 139 cm³/mol. The first-order chi connectivity index (χ1) is 16.6. The lowest BCUT2D eigenvalue weighted by Gasteiger charge is -2.24. The molecule has 6 heteroatoms. The number of aryl methyl sites for hydroxylation is 2. The van der Waals surface area contributed by atoms with Crippen LogP contribution in [0.15, 0.2) is 72.8 Å². The van der Waals surface area contributed by atoms with Crippen LogP contribution in [0.4, 0.5) is 16.5 Å². The van der Waals surface area contributed by atoms with Gasteiger partial charge in [-0.15, -0.1) is 0 Å². The van der Waals surface area contributed by atoms with Gasteiger partial charge in [0.1, 0.15) is 0 Å². The van der Waals surface area contributed by atoms with E-state index in [0.29, 0.717) is 11.7 Å². The van der Waals surface area contributed by atoms with Crippen LogP contribution in [0.25, 0.3) is 10.2 Å². The first-order valence-electron chi connectivity index (χ1n) is 11.7. The van der Waals surface area contributed by atoms with Crippen LogP contribution in [0.2, 0.25) is 0 Å². The van der Waals surface area contributed by atoms with Gasteiger partial charge in [0, 0.05) is 18.7 Å². The normalized spacial score (nSPS) is 15.8. The van der Waals surface area contributed by atoms with Crippen LogP contribution in [-0.4, -0.2) is 23.3 Å². The third-order valence-corrected chi connectivity index (χ3v) is 7.45. The van der Waals surface area contributed by atoms with Crippen molar-refractivity contribution in [1.82, 2.24) is 4.98 Å². The van der Waals surface area contributed by atoms with Crippen LogP contribution in [0, 0.1) is 5.92 Å². The molecule has 5 nitrogen and oxygen atoms in total. The van der Waals surface area contributed by atoms with Crippen LogP contribution >= 0.6 is 11.3 Å². The number of aromatic nitrogens is 1. The van der Waals surface area contributed by atoms with Crippen molar-refractivity contribution in [2.75, 3.05) is 16.3 Å². The van der Waals surface area contributed by atoms with Gasteiger partial charge in [-0.25, -0.2) is 4.98 Å². The van der Waals surface area contributed by atoms with Crippen LogP contribution < -0.4 is 9.80 Å². The highest BCUT2D eigenvalue weighted by Crippen LogP contribution is 2.36. The van der Waals surface area contributed by atoms with Crippen molar-refractivity contribution >= 4 is 49.9 Å². The molecule has 5 rings (SSSR count). The van der Waals surface area contributed by atoms with E-state index < -0.39 is 5.92 Å². The van der Waals surface area contributed by atoms with E-state index in [0.717, 1.165) is 34.4 Å². The highest BCUT2D eigenvalue weighted by molar-refractivity contribution is 7.22. The van der Waals surface area contributed by atoms with Gasteiger partial charge in [0.25, 0.3) is 0 Å². The van der Waals surface area contributed by atoms with Gasteiger partial charge in [-0.1, -0.05) is 61.6 Å². The molecule has 4 aromatic rings. The van der Waals surface area contributed by atoms with Crippen molar-refractivity contribution in [3.63, 3.8) is 0 Å². The van der Waals surface area contributed by atoms with Crippen molar-refractivity contribution in [1.29, 1.82) is 0 Å². The molecule has 0 aliphatic carbocycles. The second-order valence-corrected chi connectivity index (χ2v) is 9.59. The minimum absolute atomic E-state index is 0.0202. The molecule has 0 radical (unpaired) electrons. The van der Waals surface area contributed by atoms with E-state index in [9.17, 15) is 9.59 Å². The molecule has 0 saturated carbocycles. The smallest absolute Gasteiger partial charge is 0.238 e. The third-order valence-electron chi connectivity index (χ3n) is 6.43. The summed E-state index contributed by atoms with van der Waals surface area (Å²) in [5, 5.41) is 0.633. The molecule has 1 aromatic heterocycles. The average molecular weight is 470 g/mol. The molecule has 0 bridgehead atoms. The molecule has 1 atom stereocenters. The molecule has 1 unspecified atom stereocenters. The van der Waals surface area contributed by atoms with E-state index in [2.05, 4.69) is 13.8 Å². The number of para-hydroxylation sites is 1. The summed E-state index contributed by atoms with van der Waals surface area (Å²) in [5.41, 5.74) is 4.92. The Bertz CT molecular complexity index is 1300. The Morgan fingerprint density at radius 3 is 2.26 bits per heavy atom. The topological polar surface area (TPSA) is 53.5 Å². The van der Waals surface area contributed by atoms with E-state index in [1.165, 1.54) is 22.5 Å². The summed E-state index contributed by atoms with van der Waals surface area (Å²) in [7, 11) is 0. The van der Waals surface area contributed by atoms with Crippen molar-refractivity contribution in [2.45, 2.75) is 33.1 Å². The van der Waals surface area contributed by atoms with Gasteiger partial charge in [0.2, 0.25) is 11.8 Å². The fraction of sp³-hybridized carbons (Fsp3) is 0.250. The summed E-state index contributed by atoms with van der Waals surface area (Å²) >= 11 is 1.49. The number of nitrogens with zero attached hydrogens (tertiary/aromatic N) is 3. The third kappa shape index (κ3) is 4.21.